The van der Waals surface area contributed by atoms with Gasteiger partial charge in [0.2, 0.25) is 15.9 Å². The highest BCUT2D eigenvalue weighted by Crippen LogP contribution is 2.28. The van der Waals surface area contributed by atoms with Gasteiger partial charge >= 0.3 is 0 Å². The number of carbonyl (C=O) groups excluding carboxylic acids is 1. The van der Waals surface area contributed by atoms with Crippen LogP contribution in [-0.4, -0.2) is 44.3 Å². The number of piperidine rings is 1. The third-order valence-corrected chi connectivity index (χ3v) is 6.16. The van der Waals surface area contributed by atoms with Crippen molar-refractivity contribution in [1.82, 2.24) is 9.62 Å². The number of halogens is 2. The summed E-state index contributed by atoms with van der Waals surface area (Å²) in [7, 11) is -4.03. The number of nitrogens with zero attached hydrogens (tertiary/aromatic N) is 1. The van der Waals surface area contributed by atoms with E-state index >= 15 is 0 Å². The van der Waals surface area contributed by atoms with E-state index in [9.17, 15) is 17.6 Å². The second-order valence-corrected chi connectivity index (χ2v) is 7.98. The molecule has 0 radical (unpaired) electrons. The van der Waals surface area contributed by atoms with E-state index < -0.39 is 26.8 Å². The number of hydrogen-bond donors (Lipinski definition) is 2. The van der Waals surface area contributed by atoms with Gasteiger partial charge in [0.25, 0.3) is 0 Å². The van der Waals surface area contributed by atoms with Crippen molar-refractivity contribution in [2.24, 2.45) is 5.73 Å². The van der Waals surface area contributed by atoms with Crippen molar-refractivity contribution in [2.75, 3.05) is 19.6 Å². The summed E-state index contributed by atoms with van der Waals surface area (Å²) < 4.78 is 40.9. The van der Waals surface area contributed by atoms with Crippen molar-refractivity contribution in [3.8, 4) is 0 Å². The van der Waals surface area contributed by atoms with E-state index in [0.717, 1.165) is 18.6 Å². The van der Waals surface area contributed by atoms with Gasteiger partial charge in [0, 0.05) is 37.1 Å². The molecule has 1 aromatic carbocycles. The monoisotopic (exact) mass is 377 g/mol. The lowest BCUT2D eigenvalue weighted by atomic mass is 10.1. The lowest BCUT2D eigenvalue weighted by Crippen LogP contribution is -2.49. The van der Waals surface area contributed by atoms with Gasteiger partial charge in [0.05, 0.1) is 0 Å². The van der Waals surface area contributed by atoms with Crippen LogP contribution in [0.25, 0.3) is 0 Å². The minimum atomic E-state index is -4.03. The van der Waals surface area contributed by atoms with Crippen molar-refractivity contribution in [3.63, 3.8) is 0 Å². The number of sulfonamides is 1. The molecule has 0 saturated carbocycles. The quantitative estimate of drug-likeness (QED) is 0.785. The molecule has 1 amide bonds. The van der Waals surface area contributed by atoms with Crippen molar-refractivity contribution in [3.05, 3.63) is 29.0 Å². The topological polar surface area (TPSA) is 92.5 Å². The summed E-state index contributed by atoms with van der Waals surface area (Å²) in [6, 6.07) is 3.04. The highest BCUT2D eigenvalue weighted by atomic mass is 35.5. The highest BCUT2D eigenvalue weighted by molar-refractivity contribution is 7.89. The first-order chi connectivity index (χ1) is 11.4. The van der Waals surface area contributed by atoms with E-state index in [4.69, 9.17) is 17.3 Å². The zero-order valence-electron chi connectivity index (χ0n) is 13.2. The predicted molar refractivity (Wildman–Crippen MR) is 89.6 cm³/mol. The molecule has 0 spiro atoms. The number of nitrogens with one attached hydrogen (secondary N) is 1. The van der Waals surface area contributed by atoms with E-state index in [0.29, 0.717) is 12.8 Å². The van der Waals surface area contributed by atoms with Crippen LogP contribution in [0.3, 0.4) is 0 Å². The first-order valence-electron chi connectivity index (χ1n) is 7.80. The summed E-state index contributed by atoms with van der Waals surface area (Å²) in [5.41, 5.74) is 5.32. The second-order valence-electron chi connectivity index (χ2n) is 5.68. The summed E-state index contributed by atoms with van der Waals surface area (Å²) in [6.45, 7) is 0.693. The van der Waals surface area contributed by atoms with Gasteiger partial charge in [-0.2, -0.15) is 4.31 Å². The average molecular weight is 378 g/mol. The van der Waals surface area contributed by atoms with Crippen LogP contribution in [0, 0.1) is 5.82 Å². The van der Waals surface area contributed by atoms with Gasteiger partial charge in [0.1, 0.15) is 10.7 Å². The molecule has 1 heterocycles. The number of carbonyl (C=O) groups is 1. The molecule has 1 unspecified atom stereocenters. The summed E-state index contributed by atoms with van der Waals surface area (Å²) in [5, 5.41) is 2.84. The SMILES string of the molecule is NCCC(=O)NCC1CCCCN1S(=O)(=O)c1cc(Cl)ccc1F. The third-order valence-electron chi connectivity index (χ3n) is 3.96. The Bertz CT molecular complexity index is 699. The molecule has 1 aliphatic rings. The van der Waals surface area contributed by atoms with Crippen LogP contribution in [0.15, 0.2) is 23.1 Å². The maximum absolute atomic E-state index is 14.0. The van der Waals surface area contributed by atoms with Gasteiger partial charge in [-0.05, 0) is 31.0 Å². The molecule has 0 aromatic heterocycles. The highest BCUT2D eigenvalue weighted by Gasteiger charge is 2.35. The van der Waals surface area contributed by atoms with Gasteiger partial charge < -0.3 is 11.1 Å². The van der Waals surface area contributed by atoms with Crippen molar-refractivity contribution >= 4 is 27.5 Å². The lowest BCUT2D eigenvalue weighted by Gasteiger charge is -2.34. The third kappa shape index (κ3) is 4.44. The Morgan fingerprint density at radius 2 is 2.17 bits per heavy atom. The van der Waals surface area contributed by atoms with E-state index in [1.54, 1.807) is 0 Å². The smallest absolute Gasteiger partial charge is 0.246 e. The number of benzene rings is 1. The Balaban J connectivity index is 2.22. The molecule has 24 heavy (non-hydrogen) atoms. The molecule has 1 aromatic rings. The Labute approximate surface area is 146 Å². The van der Waals surface area contributed by atoms with Crippen LogP contribution in [-0.2, 0) is 14.8 Å². The minimum Gasteiger partial charge on any atom is -0.354 e. The van der Waals surface area contributed by atoms with Crippen molar-refractivity contribution < 1.29 is 17.6 Å². The summed E-state index contributed by atoms with van der Waals surface area (Å²) in [4.78, 5) is 11.1. The fourth-order valence-corrected chi connectivity index (χ4v) is 4.77. The molecule has 134 valence electrons. The Morgan fingerprint density at radius 1 is 1.42 bits per heavy atom. The Kier molecular flexibility index (Phi) is 6.56. The summed E-state index contributed by atoms with van der Waals surface area (Å²) >= 11 is 5.82. The molecular formula is C15H21ClFN3O3S. The summed E-state index contributed by atoms with van der Waals surface area (Å²) in [5.74, 6) is -1.06. The van der Waals surface area contributed by atoms with Crippen LogP contribution in [0.4, 0.5) is 4.39 Å². The zero-order valence-corrected chi connectivity index (χ0v) is 14.7. The first-order valence-corrected chi connectivity index (χ1v) is 9.61. The van der Waals surface area contributed by atoms with E-state index in [-0.39, 0.29) is 37.0 Å². The fourth-order valence-electron chi connectivity index (χ4n) is 2.75. The van der Waals surface area contributed by atoms with Crippen LogP contribution in [0.2, 0.25) is 5.02 Å². The van der Waals surface area contributed by atoms with Crippen LogP contribution in [0.1, 0.15) is 25.7 Å². The Hall–Kier alpha value is -1.22. The van der Waals surface area contributed by atoms with Gasteiger partial charge in [-0.25, -0.2) is 12.8 Å². The van der Waals surface area contributed by atoms with E-state index in [1.807, 2.05) is 0 Å². The molecule has 6 nitrogen and oxygen atoms in total. The predicted octanol–water partition coefficient (Wildman–Crippen LogP) is 1.49. The first kappa shape index (κ1) is 19.1. The largest absolute Gasteiger partial charge is 0.354 e. The molecule has 9 heteroatoms. The molecule has 1 saturated heterocycles. The maximum atomic E-state index is 14.0. The van der Waals surface area contributed by atoms with Crippen LogP contribution < -0.4 is 11.1 Å². The fraction of sp³-hybridized carbons (Fsp3) is 0.533. The molecule has 3 N–H and O–H groups in total. The summed E-state index contributed by atoms with van der Waals surface area (Å²) in [6.07, 6.45) is 2.32. The second kappa shape index (κ2) is 8.24. The molecule has 0 aliphatic carbocycles. The molecule has 1 atom stereocenters. The van der Waals surface area contributed by atoms with Crippen LogP contribution in [0.5, 0.6) is 0 Å². The zero-order chi connectivity index (χ0) is 17.7. The van der Waals surface area contributed by atoms with Crippen molar-refractivity contribution in [2.45, 2.75) is 36.6 Å². The molecular weight excluding hydrogens is 357 g/mol. The van der Waals surface area contributed by atoms with Gasteiger partial charge in [0.15, 0.2) is 0 Å². The average Bonchev–Trinajstić information content (AvgIpc) is 2.55. The van der Waals surface area contributed by atoms with E-state index in [2.05, 4.69) is 5.32 Å². The standard InChI is InChI=1S/C15H21ClFN3O3S/c16-11-4-5-13(17)14(9-11)24(22,23)20-8-2-1-3-12(20)10-19-15(21)6-7-18/h4-5,9,12H,1-3,6-8,10,18H2,(H,19,21). The Morgan fingerprint density at radius 3 is 2.88 bits per heavy atom. The van der Waals surface area contributed by atoms with Gasteiger partial charge in [-0.15, -0.1) is 0 Å². The lowest BCUT2D eigenvalue weighted by molar-refractivity contribution is -0.121. The number of hydrogen-bond acceptors (Lipinski definition) is 4. The number of rotatable bonds is 6. The maximum Gasteiger partial charge on any atom is 0.246 e. The van der Waals surface area contributed by atoms with Crippen molar-refractivity contribution in [1.29, 1.82) is 0 Å². The molecule has 0 bridgehead atoms. The van der Waals surface area contributed by atoms with Gasteiger partial charge in [-0.1, -0.05) is 18.0 Å². The minimum absolute atomic E-state index is 0.153. The molecule has 2 rings (SSSR count). The normalized spacial score (nSPS) is 19.2. The molecule has 1 fully saturated rings. The van der Waals surface area contributed by atoms with E-state index in [1.165, 1.54) is 10.4 Å². The number of amides is 1. The number of nitrogens with two attached hydrogens (primary N) is 1. The molecule has 1 aliphatic heterocycles. The van der Waals surface area contributed by atoms with Gasteiger partial charge in [-0.3, -0.25) is 4.79 Å². The van der Waals surface area contributed by atoms with Crippen LogP contribution >= 0.6 is 11.6 Å².